The van der Waals surface area contributed by atoms with Gasteiger partial charge in [0.25, 0.3) is 11.1 Å². The molecule has 1 N–H and O–H groups in total. The standard InChI is InChI=1S/C20H17NO5S/c1-13(19(23)24)21-18(22)17(27-20(21)25)11-14-7-9-16(10-8-14)26-12-15-5-3-2-4-6-15/h2-11,13H,12H2,1H3,(H,23,24)/b17-11+. The molecule has 2 aromatic rings. The molecule has 1 saturated heterocycles. The number of amides is 2. The van der Waals surface area contributed by atoms with Gasteiger partial charge in [0.15, 0.2) is 0 Å². The van der Waals surface area contributed by atoms with Crippen LogP contribution in [0.25, 0.3) is 6.08 Å². The Morgan fingerprint density at radius 2 is 1.81 bits per heavy atom. The molecule has 1 aliphatic rings. The highest BCUT2D eigenvalue weighted by Gasteiger charge is 2.40. The number of nitrogens with zero attached hydrogens (tertiary/aromatic N) is 1. The van der Waals surface area contributed by atoms with Gasteiger partial charge in [0.1, 0.15) is 18.4 Å². The number of carboxylic acid groups (broad SMARTS) is 1. The summed E-state index contributed by atoms with van der Waals surface area (Å²) >= 11 is 0.738. The second kappa shape index (κ2) is 8.09. The normalized spacial score (nSPS) is 16.6. The summed E-state index contributed by atoms with van der Waals surface area (Å²) < 4.78 is 5.71. The molecule has 0 aliphatic carbocycles. The number of imide groups is 1. The van der Waals surface area contributed by atoms with Crippen molar-refractivity contribution in [2.24, 2.45) is 0 Å². The summed E-state index contributed by atoms with van der Waals surface area (Å²) in [5, 5.41) is 8.45. The van der Waals surface area contributed by atoms with Gasteiger partial charge in [-0.15, -0.1) is 0 Å². The number of aliphatic carboxylic acids is 1. The van der Waals surface area contributed by atoms with E-state index in [9.17, 15) is 14.4 Å². The molecule has 1 heterocycles. The Morgan fingerprint density at radius 3 is 2.44 bits per heavy atom. The van der Waals surface area contributed by atoms with E-state index in [1.807, 2.05) is 30.3 Å². The lowest BCUT2D eigenvalue weighted by Gasteiger charge is -2.16. The molecule has 0 radical (unpaired) electrons. The summed E-state index contributed by atoms with van der Waals surface area (Å²) in [7, 11) is 0. The van der Waals surface area contributed by atoms with Crippen molar-refractivity contribution in [3.63, 3.8) is 0 Å². The molecule has 1 atom stereocenters. The lowest BCUT2D eigenvalue weighted by atomic mass is 10.2. The summed E-state index contributed by atoms with van der Waals surface area (Å²) in [6, 6.07) is 15.7. The van der Waals surface area contributed by atoms with Crippen molar-refractivity contribution in [1.29, 1.82) is 0 Å². The third-order valence-electron chi connectivity index (χ3n) is 3.99. The van der Waals surface area contributed by atoms with Crippen molar-refractivity contribution in [2.75, 3.05) is 0 Å². The first-order valence-corrected chi connectivity index (χ1v) is 9.04. The number of carboxylic acids is 1. The number of rotatable bonds is 6. The van der Waals surface area contributed by atoms with Crippen LogP contribution in [-0.4, -0.2) is 33.2 Å². The molecule has 6 nitrogen and oxygen atoms in total. The first kappa shape index (κ1) is 18.7. The molecular formula is C20H17NO5S. The minimum atomic E-state index is -1.22. The smallest absolute Gasteiger partial charge is 0.326 e. The van der Waals surface area contributed by atoms with Gasteiger partial charge in [0.05, 0.1) is 4.91 Å². The zero-order chi connectivity index (χ0) is 19.4. The van der Waals surface area contributed by atoms with E-state index in [-0.39, 0.29) is 4.91 Å². The van der Waals surface area contributed by atoms with Crippen LogP contribution in [0.4, 0.5) is 4.79 Å². The van der Waals surface area contributed by atoms with Gasteiger partial charge in [-0.05, 0) is 48.0 Å². The first-order valence-electron chi connectivity index (χ1n) is 8.22. The first-order chi connectivity index (χ1) is 13.0. The maximum atomic E-state index is 12.3. The second-order valence-electron chi connectivity index (χ2n) is 5.91. The Kier molecular flexibility index (Phi) is 5.61. The zero-order valence-electron chi connectivity index (χ0n) is 14.5. The molecule has 27 heavy (non-hydrogen) atoms. The number of carbonyl (C=O) groups is 3. The average molecular weight is 383 g/mol. The predicted octanol–water partition coefficient (Wildman–Crippen LogP) is 3.78. The van der Waals surface area contributed by atoms with Crippen LogP contribution in [-0.2, 0) is 16.2 Å². The Balaban J connectivity index is 1.68. The number of ether oxygens (including phenoxy) is 1. The predicted molar refractivity (Wildman–Crippen MR) is 102 cm³/mol. The van der Waals surface area contributed by atoms with E-state index in [0.717, 1.165) is 27.8 Å². The second-order valence-corrected chi connectivity index (χ2v) is 6.90. The van der Waals surface area contributed by atoms with Gasteiger partial charge in [-0.2, -0.15) is 0 Å². The monoisotopic (exact) mass is 383 g/mol. The van der Waals surface area contributed by atoms with Gasteiger partial charge in [-0.25, -0.2) is 4.79 Å². The van der Waals surface area contributed by atoms with Crippen LogP contribution >= 0.6 is 11.8 Å². The van der Waals surface area contributed by atoms with Gasteiger partial charge in [0, 0.05) is 0 Å². The third-order valence-corrected chi connectivity index (χ3v) is 4.88. The molecule has 7 heteroatoms. The highest BCUT2D eigenvalue weighted by molar-refractivity contribution is 8.18. The summed E-state index contributed by atoms with van der Waals surface area (Å²) in [5.74, 6) is -1.13. The number of benzene rings is 2. The van der Waals surface area contributed by atoms with E-state index >= 15 is 0 Å². The van der Waals surface area contributed by atoms with Crippen LogP contribution in [0.15, 0.2) is 59.5 Å². The van der Waals surface area contributed by atoms with E-state index in [0.29, 0.717) is 12.4 Å². The van der Waals surface area contributed by atoms with E-state index in [2.05, 4.69) is 0 Å². The van der Waals surface area contributed by atoms with Gasteiger partial charge in [0.2, 0.25) is 0 Å². The molecule has 0 bridgehead atoms. The highest BCUT2D eigenvalue weighted by atomic mass is 32.2. The van der Waals surface area contributed by atoms with Crippen LogP contribution < -0.4 is 4.74 Å². The van der Waals surface area contributed by atoms with Crippen molar-refractivity contribution >= 4 is 35.0 Å². The fourth-order valence-corrected chi connectivity index (χ4v) is 3.38. The molecule has 0 aromatic heterocycles. The fraction of sp³-hybridized carbons (Fsp3) is 0.150. The summed E-state index contributed by atoms with van der Waals surface area (Å²) in [5.41, 5.74) is 1.78. The van der Waals surface area contributed by atoms with Crippen LogP contribution in [0.1, 0.15) is 18.1 Å². The molecule has 3 rings (SSSR count). The number of hydrogen-bond donors (Lipinski definition) is 1. The lowest BCUT2D eigenvalue weighted by Crippen LogP contribution is -2.41. The van der Waals surface area contributed by atoms with E-state index in [4.69, 9.17) is 9.84 Å². The zero-order valence-corrected chi connectivity index (χ0v) is 15.3. The minimum absolute atomic E-state index is 0.200. The molecule has 1 unspecified atom stereocenters. The Bertz CT molecular complexity index is 892. The summed E-state index contributed by atoms with van der Waals surface area (Å²) in [4.78, 5) is 36.3. The van der Waals surface area contributed by atoms with Gasteiger partial charge >= 0.3 is 5.97 Å². The van der Waals surface area contributed by atoms with E-state index in [1.165, 1.54) is 6.92 Å². The molecule has 2 aromatic carbocycles. The Morgan fingerprint density at radius 1 is 1.15 bits per heavy atom. The fourth-order valence-electron chi connectivity index (χ4n) is 2.48. The molecule has 138 valence electrons. The summed E-state index contributed by atoms with van der Waals surface area (Å²) in [6.07, 6.45) is 1.57. The van der Waals surface area contributed by atoms with Crippen LogP contribution in [0.2, 0.25) is 0 Å². The largest absolute Gasteiger partial charge is 0.489 e. The maximum Gasteiger partial charge on any atom is 0.326 e. The number of thioether (sulfide) groups is 1. The Labute approximate surface area is 160 Å². The summed E-state index contributed by atoms with van der Waals surface area (Å²) in [6.45, 7) is 1.76. The highest BCUT2D eigenvalue weighted by Crippen LogP contribution is 2.33. The molecule has 0 saturated carbocycles. The molecule has 2 amide bonds. The molecular weight excluding hydrogens is 366 g/mol. The maximum absolute atomic E-state index is 12.3. The topological polar surface area (TPSA) is 83.9 Å². The van der Waals surface area contributed by atoms with Crippen LogP contribution in [0, 0.1) is 0 Å². The third kappa shape index (κ3) is 4.38. The molecule has 1 aliphatic heterocycles. The lowest BCUT2D eigenvalue weighted by molar-refractivity contribution is -0.145. The quantitative estimate of drug-likeness (QED) is 0.765. The minimum Gasteiger partial charge on any atom is -0.489 e. The SMILES string of the molecule is CC(C(=O)O)N1C(=O)S/C(=C/c2ccc(OCc3ccccc3)cc2)C1=O. The van der Waals surface area contributed by atoms with Gasteiger partial charge < -0.3 is 9.84 Å². The van der Waals surface area contributed by atoms with Crippen molar-refractivity contribution < 1.29 is 24.2 Å². The number of carbonyl (C=O) groups excluding carboxylic acids is 2. The van der Waals surface area contributed by atoms with Gasteiger partial charge in [-0.3, -0.25) is 14.5 Å². The molecule has 0 spiro atoms. The average Bonchev–Trinajstić information content (AvgIpc) is 2.94. The van der Waals surface area contributed by atoms with Crippen molar-refractivity contribution in [3.05, 3.63) is 70.6 Å². The van der Waals surface area contributed by atoms with Crippen molar-refractivity contribution in [2.45, 2.75) is 19.6 Å². The van der Waals surface area contributed by atoms with Crippen molar-refractivity contribution in [1.82, 2.24) is 4.90 Å². The van der Waals surface area contributed by atoms with E-state index < -0.39 is 23.2 Å². The van der Waals surface area contributed by atoms with Crippen LogP contribution in [0.5, 0.6) is 5.75 Å². The van der Waals surface area contributed by atoms with E-state index in [1.54, 1.807) is 30.3 Å². The van der Waals surface area contributed by atoms with Crippen LogP contribution in [0.3, 0.4) is 0 Å². The number of hydrogen-bond acceptors (Lipinski definition) is 5. The Hall–Kier alpha value is -3.06. The van der Waals surface area contributed by atoms with Gasteiger partial charge in [-0.1, -0.05) is 42.5 Å². The van der Waals surface area contributed by atoms with Crippen molar-refractivity contribution in [3.8, 4) is 5.75 Å². The molecule has 1 fully saturated rings.